The van der Waals surface area contributed by atoms with Crippen LogP contribution in [0.1, 0.15) is 5.56 Å². The summed E-state index contributed by atoms with van der Waals surface area (Å²) in [6.45, 7) is 1.72. The zero-order chi connectivity index (χ0) is 14.9. The first-order valence-corrected chi connectivity index (χ1v) is 7.95. The Morgan fingerprint density at radius 3 is 2.55 bits per heavy atom. The van der Waals surface area contributed by atoms with Crippen LogP contribution in [0.3, 0.4) is 0 Å². The van der Waals surface area contributed by atoms with Crippen LogP contribution < -0.4 is 10.5 Å². The Morgan fingerprint density at radius 1 is 1.20 bits per heavy atom. The van der Waals surface area contributed by atoms with Crippen LogP contribution >= 0.6 is 15.9 Å². The van der Waals surface area contributed by atoms with Gasteiger partial charge in [-0.2, -0.15) is 0 Å². The quantitative estimate of drug-likeness (QED) is 0.737. The Balaban J connectivity index is 2.40. The van der Waals surface area contributed by atoms with E-state index in [0.717, 1.165) is 0 Å². The molecule has 0 heterocycles. The number of phenols is 1. The normalized spacial score (nSPS) is 11.3. The van der Waals surface area contributed by atoms with Gasteiger partial charge in [0, 0.05) is 16.2 Å². The first-order valence-electron chi connectivity index (χ1n) is 5.67. The van der Waals surface area contributed by atoms with Gasteiger partial charge in [0.1, 0.15) is 10.6 Å². The van der Waals surface area contributed by atoms with Gasteiger partial charge in [0.25, 0.3) is 10.0 Å². The van der Waals surface area contributed by atoms with Crippen LogP contribution in [-0.4, -0.2) is 13.5 Å². The molecule has 0 bridgehead atoms. The lowest BCUT2D eigenvalue weighted by Gasteiger charge is -2.11. The predicted molar refractivity (Wildman–Crippen MR) is 82.2 cm³/mol. The van der Waals surface area contributed by atoms with Gasteiger partial charge in [0.2, 0.25) is 0 Å². The highest BCUT2D eigenvalue weighted by atomic mass is 79.9. The lowest BCUT2D eigenvalue weighted by Crippen LogP contribution is -2.14. The minimum atomic E-state index is -3.78. The molecular formula is C13H13BrN2O3S. The number of phenolic OH excluding ortho intramolecular Hbond substituents is 1. The van der Waals surface area contributed by atoms with E-state index in [9.17, 15) is 13.5 Å². The average Bonchev–Trinajstić information content (AvgIpc) is 2.36. The number of hydrogen-bond donors (Lipinski definition) is 3. The zero-order valence-electron chi connectivity index (χ0n) is 10.6. The second kappa shape index (κ2) is 5.34. The Bertz CT molecular complexity index is 760. The van der Waals surface area contributed by atoms with Crippen molar-refractivity contribution in [2.24, 2.45) is 0 Å². The van der Waals surface area contributed by atoms with Crippen molar-refractivity contribution in [2.45, 2.75) is 11.8 Å². The standard InChI is InChI=1S/C13H13BrN2O3S/c1-8-2-4-10(7-12(8)17)16-20(18,19)13-6-9(15)3-5-11(13)14/h2-7,16-17H,15H2,1H3. The number of nitrogens with two attached hydrogens (primary N) is 1. The summed E-state index contributed by atoms with van der Waals surface area (Å²) in [5.41, 5.74) is 6.90. The molecule has 106 valence electrons. The molecule has 0 saturated heterocycles. The van der Waals surface area contributed by atoms with E-state index in [1.54, 1.807) is 31.2 Å². The van der Waals surface area contributed by atoms with Crippen molar-refractivity contribution < 1.29 is 13.5 Å². The van der Waals surface area contributed by atoms with Gasteiger partial charge in [-0.3, -0.25) is 4.72 Å². The molecule has 7 heteroatoms. The Labute approximate surface area is 125 Å². The third kappa shape index (κ3) is 3.05. The second-order valence-corrected chi connectivity index (χ2v) is 6.80. The molecule has 2 aromatic rings. The van der Waals surface area contributed by atoms with E-state index in [1.807, 2.05) is 0 Å². The number of nitrogens with one attached hydrogen (secondary N) is 1. The maximum absolute atomic E-state index is 12.3. The largest absolute Gasteiger partial charge is 0.508 e. The molecule has 2 rings (SSSR count). The van der Waals surface area contributed by atoms with Gasteiger partial charge in [-0.1, -0.05) is 6.07 Å². The minimum Gasteiger partial charge on any atom is -0.508 e. The number of anilines is 2. The lowest BCUT2D eigenvalue weighted by atomic mass is 10.2. The number of aryl methyl sites for hydroxylation is 1. The highest BCUT2D eigenvalue weighted by molar-refractivity contribution is 9.10. The molecule has 0 aromatic heterocycles. The van der Waals surface area contributed by atoms with Crippen molar-refractivity contribution >= 4 is 37.3 Å². The highest BCUT2D eigenvalue weighted by Gasteiger charge is 2.18. The molecule has 0 aliphatic rings. The Kier molecular flexibility index (Phi) is 3.92. The smallest absolute Gasteiger partial charge is 0.263 e. The first-order chi connectivity index (χ1) is 9.29. The molecule has 0 fully saturated rings. The van der Waals surface area contributed by atoms with Gasteiger partial charge < -0.3 is 10.8 Å². The molecule has 0 atom stereocenters. The molecule has 0 aliphatic heterocycles. The fraction of sp³-hybridized carbons (Fsp3) is 0.0769. The molecule has 0 saturated carbocycles. The molecule has 0 unspecified atom stereocenters. The summed E-state index contributed by atoms with van der Waals surface area (Å²) in [5.74, 6) is 0.0249. The van der Waals surface area contributed by atoms with Gasteiger partial charge in [0.15, 0.2) is 0 Å². The van der Waals surface area contributed by atoms with E-state index in [2.05, 4.69) is 20.7 Å². The van der Waals surface area contributed by atoms with Crippen LogP contribution in [0, 0.1) is 6.92 Å². The number of aromatic hydroxyl groups is 1. The van der Waals surface area contributed by atoms with Crippen molar-refractivity contribution in [3.05, 3.63) is 46.4 Å². The maximum atomic E-state index is 12.3. The van der Waals surface area contributed by atoms with Gasteiger partial charge in [0.05, 0.1) is 5.69 Å². The summed E-state index contributed by atoms with van der Waals surface area (Å²) in [6.07, 6.45) is 0. The number of rotatable bonds is 3. The first kappa shape index (κ1) is 14.7. The topological polar surface area (TPSA) is 92.4 Å². The van der Waals surface area contributed by atoms with E-state index in [4.69, 9.17) is 5.73 Å². The third-order valence-corrected chi connectivity index (χ3v) is 5.08. The fourth-order valence-electron chi connectivity index (χ4n) is 1.61. The number of halogens is 1. The lowest BCUT2D eigenvalue weighted by molar-refractivity contribution is 0.471. The second-order valence-electron chi connectivity index (χ2n) is 4.30. The molecule has 0 radical (unpaired) electrons. The molecule has 5 nitrogen and oxygen atoms in total. The van der Waals surface area contributed by atoms with Crippen LogP contribution in [0.25, 0.3) is 0 Å². The van der Waals surface area contributed by atoms with Crippen LogP contribution in [0.2, 0.25) is 0 Å². The summed E-state index contributed by atoms with van der Waals surface area (Å²) in [7, 11) is -3.78. The average molecular weight is 357 g/mol. The summed E-state index contributed by atoms with van der Waals surface area (Å²) in [6, 6.07) is 9.08. The van der Waals surface area contributed by atoms with E-state index in [1.165, 1.54) is 12.1 Å². The molecule has 0 spiro atoms. The summed E-state index contributed by atoms with van der Waals surface area (Å²) < 4.78 is 27.4. The van der Waals surface area contributed by atoms with Crippen molar-refractivity contribution in [3.63, 3.8) is 0 Å². The van der Waals surface area contributed by atoms with Crippen molar-refractivity contribution in [1.29, 1.82) is 0 Å². The van der Waals surface area contributed by atoms with Crippen LogP contribution in [0.5, 0.6) is 5.75 Å². The van der Waals surface area contributed by atoms with Crippen LogP contribution in [0.4, 0.5) is 11.4 Å². The summed E-state index contributed by atoms with van der Waals surface area (Å²) >= 11 is 3.18. The fourth-order valence-corrected chi connectivity index (χ4v) is 3.66. The molecular weight excluding hydrogens is 344 g/mol. The van der Waals surface area contributed by atoms with E-state index in [0.29, 0.717) is 15.7 Å². The van der Waals surface area contributed by atoms with Crippen LogP contribution in [0.15, 0.2) is 45.8 Å². The zero-order valence-corrected chi connectivity index (χ0v) is 13.0. The van der Waals surface area contributed by atoms with Gasteiger partial charge in [-0.15, -0.1) is 0 Å². The molecule has 0 amide bonds. The Morgan fingerprint density at radius 2 is 1.90 bits per heavy atom. The van der Waals surface area contributed by atoms with E-state index >= 15 is 0 Å². The van der Waals surface area contributed by atoms with E-state index in [-0.39, 0.29) is 16.3 Å². The van der Waals surface area contributed by atoms with Crippen molar-refractivity contribution in [3.8, 4) is 5.75 Å². The van der Waals surface area contributed by atoms with E-state index < -0.39 is 10.0 Å². The van der Waals surface area contributed by atoms with Gasteiger partial charge in [-0.05, 0) is 52.7 Å². The number of hydrogen-bond acceptors (Lipinski definition) is 4. The molecule has 2 aromatic carbocycles. The summed E-state index contributed by atoms with van der Waals surface area (Å²) in [5, 5.41) is 9.60. The molecule has 0 aliphatic carbocycles. The highest BCUT2D eigenvalue weighted by Crippen LogP contribution is 2.28. The van der Waals surface area contributed by atoms with Crippen molar-refractivity contribution in [2.75, 3.05) is 10.5 Å². The third-order valence-electron chi connectivity index (χ3n) is 2.71. The number of sulfonamides is 1. The monoisotopic (exact) mass is 356 g/mol. The molecule has 4 N–H and O–H groups in total. The Hall–Kier alpha value is -1.73. The minimum absolute atomic E-state index is 0.0249. The predicted octanol–water partition coefficient (Wildman–Crippen LogP) is 2.85. The maximum Gasteiger partial charge on any atom is 0.263 e. The van der Waals surface area contributed by atoms with Crippen molar-refractivity contribution in [1.82, 2.24) is 0 Å². The number of nitrogen functional groups attached to an aromatic ring is 1. The van der Waals surface area contributed by atoms with Gasteiger partial charge >= 0.3 is 0 Å². The SMILES string of the molecule is Cc1ccc(NS(=O)(=O)c2cc(N)ccc2Br)cc1O. The molecule has 20 heavy (non-hydrogen) atoms. The summed E-state index contributed by atoms with van der Waals surface area (Å²) in [4.78, 5) is 0.0394. The number of benzene rings is 2. The van der Waals surface area contributed by atoms with Crippen LogP contribution in [-0.2, 0) is 10.0 Å². The van der Waals surface area contributed by atoms with Gasteiger partial charge in [-0.25, -0.2) is 8.42 Å².